The summed E-state index contributed by atoms with van der Waals surface area (Å²) in [6.45, 7) is 0. The summed E-state index contributed by atoms with van der Waals surface area (Å²) in [6.07, 6.45) is 0. The molecule has 116 valence electrons. The highest BCUT2D eigenvalue weighted by atomic mass is 16.4. The molecule has 23 heavy (non-hydrogen) atoms. The fourth-order valence-electron chi connectivity index (χ4n) is 2.29. The van der Waals surface area contributed by atoms with Crippen LogP contribution in [0.3, 0.4) is 0 Å². The number of phenols is 3. The topological polar surface area (TPSA) is 128 Å². The Hall–Kier alpha value is -3.48. The predicted molar refractivity (Wildman–Crippen MR) is 79.9 cm³/mol. The van der Waals surface area contributed by atoms with Crippen molar-refractivity contribution in [2.45, 2.75) is 0 Å². The number of rotatable bonds is 2. The van der Waals surface area contributed by atoms with E-state index in [1.165, 1.54) is 18.2 Å². The minimum absolute atomic E-state index is 0.0267. The molecule has 7 heteroatoms. The van der Waals surface area contributed by atoms with E-state index in [9.17, 15) is 30.0 Å². The van der Waals surface area contributed by atoms with Crippen LogP contribution in [0.15, 0.2) is 45.6 Å². The second kappa shape index (κ2) is 5.06. The van der Waals surface area contributed by atoms with Crippen molar-refractivity contribution >= 4 is 16.9 Å². The average molecular weight is 314 g/mol. The lowest BCUT2D eigenvalue weighted by atomic mass is 9.99. The van der Waals surface area contributed by atoms with Gasteiger partial charge in [-0.3, -0.25) is 0 Å². The number of carboxylic acids is 1. The maximum absolute atomic E-state index is 12.1. The molecule has 0 radical (unpaired) electrons. The molecule has 0 aliphatic carbocycles. The van der Waals surface area contributed by atoms with Gasteiger partial charge in [0.05, 0.1) is 11.1 Å². The fourth-order valence-corrected chi connectivity index (χ4v) is 2.29. The van der Waals surface area contributed by atoms with Crippen LogP contribution in [0.1, 0.15) is 10.4 Å². The maximum atomic E-state index is 12.1. The number of fused-ring (bicyclic) bond motifs is 1. The summed E-state index contributed by atoms with van der Waals surface area (Å²) in [5.41, 5.74) is -1.50. The standard InChI is InChI=1S/C16H10O7/c17-11-3-1-2-7-4-10(16(22)23-14(7)11)8-5-12(18)13(19)6-9(8)15(20)21/h1-6,17-19H,(H,20,21). The zero-order chi connectivity index (χ0) is 16.7. The average Bonchev–Trinajstić information content (AvgIpc) is 2.50. The number of phenolic OH excluding ortho intramolecular Hbond substituents is 3. The smallest absolute Gasteiger partial charge is 0.344 e. The first-order chi connectivity index (χ1) is 10.9. The highest BCUT2D eigenvalue weighted by molar-refractivity contribution is 5.98. The van der Waals surface area contributed by atoms with Crippen molar-refractivity contribution in [1.29, 1.82) is 0 Å². The van der Waals surface area contributed by atoms with Gasteiger partial charge in [-0.2, -0.15) is 0 Å². The molecule has 0 unspecified atom stereocenters. The third kappa shape index (κ3) is 2.34. The maximum Gasteiger partial charge on any atom is 0.344 e. The van der Waals surface area contributed by atoms with E-state index in [2.05, 4.69) is 0 Å². The van der Waals surface area contributed by atoms with Gasteiger partial charge in [0, 0.05) is 10.9 Å². The van der Waals surface area contributed by atoms with Gasteiger partial charge in [0.25, 0.3) is 0 Å². The Balaban J connectivity index is 2.37. The first-order valence-electron chi connectivity index (χ1n) is 6.44. The van der Waals surface area contributed by atoms with Crippen LogP contribution >= 0.6 is 0 Å². The largest absolute Gasteiger partial charge is 0.504 e. The summed E-state index contributed by atoms with van der Waals surface area (Å²) < 4.78 is 5.04. The van der Waals surface area contributed by atoms with E-state index < -0.39 is 23.1 Å². The Morgan fingerprint density at radius 2 is 1.61 bits per heavy atom. The van der Waals surface area contributed by atoms with Crippen molar-refractivity contribution in [3.05, 3.63) is 52.4 Å². The third-order valence-corrected chi connectivity index (χ3v) is 3.37. The highest BCUT2D eigenvalue weighted by Crippen LogP contribution is 2.34. The third-order valence-electron chi connectivity index (χ3n) is 3.37. The van der Waals surface area contributed by atoms with Gasteiger partial charge < -0.3 is 24.8 Å². The SMILES string of the molecule is O=C(O)c1cc(O)c(O)cc1-c1cc2cccc(O)c2oc1=O. The van der Waals surface area contributed by atoms with Crippen LogP contribution in [0, 0.1) is 0 Å². The van der Waals surface area contributed by atoms with Crippen molar-refractivity contribution < 1.29 is 29.6 Å². The van der Waals surface area contributed by atoms with Crippen molar-refractivity contribution in [2.24, 2.45) is 0 Å². The molecular weight excluding hydrogens is 304 g/mol. The molecule has 2 aromatic carbocycles. The van der Waals surface area contributed by atoms with Crippen molar-refractivity contribution in [1.82, 2.24) is 0 Å². The molecule has 3 rings (SSSR count). The molecule has 0 bridgehead atoms. The van der Waals surface area contributed by atoms with Crippen LogP contribution < -0.4 is 5.63 Å². The molecule has 0 saturated carbocycles. The molecule has 0 aliphatic rings. The lowest BCUT2D eigenvalue weighted by Crippen LogP contribution is -2.07. The first-order valence-corrected chi connectivity index (χ1v) is 6.44. The normalized spacial score (nSPS) is 10.8. The zero-order valence-electron chi connectivity index (χ0n) is 11.5. The van der Waals surface area contributed by atoms with Gasteiger partial charge >= 0.3 is 11.6 Å². The molecule has 0 fully saturated rings. The highest BCUT2D eigenvalue weighted by Gasteiger charge is 2.19. The van der Waals surface area contributed by atoms with Crippen molar-refractivity contribution in [2.75, 3.05) is 0 Å². The van der Waals surface area contributed by atoms with Crippen LogP contribution in [0.5, 0.6) is 17.2 Å². The zero-order valence-corrected chi connectivity index (χ0v) is 11.5. The molecule has 7 nitrogen and oxygen atoms in total. The molecule has 0 aliphatic heterocycles. The minimum Gasteiger partial charge on any atom is -0.504 e. The van der Waals surface area contributed by atoms with Crippen LogP contribution in [0.25, 0.3) is 22.1 Å². The second-order valence-electron chi connectivity index (χ2n) is 4.83. The van der Waals surface area contributed by atoms with Crippen molar-refractivity contribution in [3.63, 3.8) is 0 Å². The summed E-state index contributed by atoms with van der Waals surface area (Å²) in [7, 11) is 0. The van der Waals surface area contributed by atoms with Crippen LogP contribution in [-0.4, -0.2) is 26.4 Å². The summed E-state index contributed by atoms with van der Waals surface area (Å²) in [5, 5.41) is 38.3. The Labute approximate surface area is 128 Å². The van der Waals surface area contributed by atoms with E-state index in [1.807, 2.05) is 0 Å². The Kier molecular flexibility index (Phi) is 3.18. The molecule has 0 atom stereocenters. The van der Waals surface area contributed by atoms with Gasteiger partial charge in [0.2, 0.25) is 0 Å². The summed E-state index contributed by atoms with van der Waals surface area (Å²) in [4.78, 5) is 23.5. The van der Waals surface area contributed by atoms with Gasteiger partial charge in [-0.25, -0.2) is 9.59 Å². The molecule has 1 heterocycles. The molecule has 0 spiro atoms. The number of carboxylic acid groups (broad SMARTS) is 1. The number of para-hydroxylation sites is 1. The fraction of sp³-hybridized carbons (Fsp3) is 0. The molecule has 3 aromatic rings. The van der Waals surface area contributed by atoms with Gasteiger partial charge in [-0.1, -0.05) is 12.1 Å². The monoisotopic (exact) mass is 314 g/mol. The lowest BCUT2D eigenvalue weighted by Gasteiger charge is -2.08. The lowest BCUT2D eigenvalue weighted by molar-refractivity contribution is 0.0697. The minimum atomic E-state index is -1.38. The van der Waals surface area contributed by atoms with E-state index in [4.69, 9.17) is 4.42 Å². The summed E-state index contributed by atoms with van der Waals surface area (Å²) >= 11 is 0. The van der Waals surface area contributed by atoms with E-state index in [1.54, 1.807) is 6.07 Å². The van der Waals surface area contributed by atoms with E-state index in [-0.39, 0.29) is 28.0 Å². The Bertz CT molecular complexity index is 1000. The van der Waals surface area contributed by atoms with Crippen LogP contribution in [-0.2, 0) is 0 Å². The van der Waals surface area contributed by atoms with Gasteiger partial charge in [0.15, 0.2) is 22.8 Å². The van der Waals surface area contributed by atoms with Crippen molar-refractivity contribution in [3.8, 4) is 28.4 Å². The number of hydrogen-bond acceptors (Lipinski definition) is 6. The molecule has 1 aromatic heterocycles. The number of aromatic carboxylic acids is 1. The van der Waals surface area contributed by atoms with Gasteiger partial charge in [-0.05, 0) is 24.3 Å². The van der Waals surface area contributed by atoms with Gasteiger partial charge in [0.1, 0.15) is 0 Å². The number of hydrogen-bond donors (Lipinski definition) is 4. The van der Waals surface area contributed by atoms with Crippen LogP contribution in [0.4, 0.5) is 0 Å². The predicted octanol–water partition coefficient (Wildman–Crippen LogP) is 2.28. The number of benzene rings is 2. The first kappa shape index (κ1) is 14.5. The quantitative estimate of drug-likeness (QED) is 0.422. The second-order valence-corrected chi connectivity index (χ2v) is 4.83. The summed E-state index contributed by atoms with van der Waals surface area (Å²) in [6, 6.07) is 7.62. The van der Waals surface area contributed by atoms with E-state index in [0.717, 1.165) is 12.1 Å². The molecule has 0 amide bonds. The van der Waals surface area contributed by atoms with Gasteiger partial charge in [-0.15, -0.1) is 0 Å². The number of aromatic hydroxyl groups is 3. The Morgan fingerprint density at radius 3 is 2.30 bits per heavy atom. The Morgan fingerprint density at radius 1 is 0.913 bits per heavy atom. The van der Waals surface area contributed by atoms with Crippen LogP contribution in [0.2, 0.25) is 0 Å². The molecular formula is C16H10O7. The molecule has 0 saturated heterocycles. The van der Waals surface area contributed by atoms with E-state index >= 15 is 0 Å². The number of carbonyl (C=O) groups is 1. The van der Waals surface area contributed by atoms with E-state index in [0.29, 0.717) is 5.39 Å². The molecule has 4 N–H and O–H groups in total. The summed E-state index contributed by atoms with van der Waals surface area (Å²) in [5.74, 6) is -2.79.